The number of carbonyl (C=O) groups is 2. The maximum absolute atomic E-state index is 11.6. The summed E-state index contributed by atoms with van der Waals surface area (Å²) in [5, 5.41) is 5.45. The van der Waals surface area contributed by atoms with Crippen LogP contribution in [-0.4, -0.2) is 42.0 Å². The number of hydrogen-bond acceptors (Lipinski definition) is 2. The van der Waals surface area contributed by atoms with Crippen LogP contribution in [0, 0.1) is 0 Å². The molecule has 0 bridgehead atoms. The summed E-state index contributed by atoms with van der Waals surface area (Å²) in [5.41, 5.74) is 0. The van der Waals surface area contributed by atoms with Crippen molar-refractivity contribution in [1.82, 2.24) is 15.5 Å². The minimum atomic E-state index is -0.389. The highest BCUT2D eigenvalue weighted by atomic mass is 16.2. The van der Waals surface area contributed by atoms with Crippen LogP contribution < -0.4 is 10.6 Å². The minimum absolute atomic E-state index is 0.1000. The molecule has 1 aliphatic heterocycles. The molecule has 3 amide bonds. The lowest BCUT2D eigenvalue weighted by atomic mass is 10.2. The molecule has 5 heteroatoms. The van der Waals surface area contributed by atoms with Gasteiger partial charge in [-0.15, -0.1) is 0 Å². The summed E-state index contributed by atoms with van der Waals surface area (Å²) >= 11 is 0. The monoisotopic (exact) mass is 199 g/mol. The van der Waals surface area contributed by atoms with Crippen molar-refractivity contribution >= 4 is 11.9 Å². The summed E-state index contributed by atoms with van der Waals surface area (Å²) in [6, 6.07) is -0.438. The average Bonchev–Trinajstić information content (AvgIpc) is 2.48. The molecule has 0 aromatic heterocycles. The van der Waals surface area contributed by atoms with Crippen LogP contribution >= 0.6 is 0 Å². The van der Waals surface area contributed by atoms with Gasteiger partial charge in [-0.1, -0.05) is 0 Å². The van der Waals surface area contributed by atoms with Crippen LogP contribution in [0.1, 0.15) is 20.8 Å². The first-order valence-electron chi connectivity index (χ1n) is 4.87. The van der Waals surface area contributed by atoms with Crippen molar-refractivity contribution in [2.75, 3.05) is 13.1 Å². The molecule has 2 N–H and O–H groups in total. The zero-order chi connectivity index (χ0) is 10.7. The molecule has 80 valence electrons. The van der Waals surface area contributed by atoms with Crippen molar-refractivity contribution in [3.63, 3.8) is 0 Å². The maximum atomic E-state index is 11.6. The van der Waals surface area contributed by atoms with Crippen molar-refractivity contribution in [3.05, 3.63) is 0 Å². The zero-order valence-corrected chi connectivity index (χ0v) is 8.83. The van der Waals surface area contributed by atoms with Crippen LogP contribution in [0.2, 0.25) is 0 Å². The number of rotatable bonds is 3. The average molecular weight is 199 g/mol. The molecule has 0 aromatic carbocycles. The molecule has 1 atom stereocenters. The number of nitrogens with one attached hydrogen (secondary N) is 2. The SMILES string of the molecule is CC(C)NC(=O)C(C)N1CCNC1=O. The highest BCUT2D eigenvalue weighted by Crippen LogP contribution is 2.04. The molecule has 1 fully saturated rings. The fraction of sp³-hybridized carbons (Fsp3) is 0.778. The van der Waals surface area contributed by atoms with Gasteiger partial charge in [0.05, 0.1) is 0 Å². The summed E-state index contributed by atoms with van der Waals surface area (Å²) < 4.78 is 0. The Morgan fingerprint density at radius 2 is 2.14 bits per heavy atom. The molecule has 1 saturated heterocycles. The Bertz CT molecular complexity index is 240. The summed E-state index contributed by atoms with van der Waals surface area (Å²) in [4.78, 5) is 24.3. The molecule has 1 unspecified atom stereocenters. The second-order valence-electron chi connectivity index (χ2n) is 3.76. The molecule has 1 heterocycles. The van der Waals surface area contributed by atoms with Gasteiger partial charge in [0.2, 0.25) is 5.91 Å². The van der Waals surface area contributed by atoms with E-state index in [0.717, 1.165) is 0 Å². The van der Waals surface area contributed by atoms with Gasteiger partial charge in [0.1, 0.15) is 6.04 Å². The summed E-state index contributed by atoms with van der Waals surface area (Å²) in [6.45, 7) is 6.76. The molecule has 1 aliphatic rings. The number of urea groups is 1. The summed E-state index contributed by atoms with van der Waals surface area (Å²) in [5.74, 6) is -0.1000. The van der Waals surface area contributed by atoms with Crippen LogP contribution in [0.15, 0.2) is 0 Å². The lowest BCUT2D eigenvalue weighted by Gasteiger charge is -2.23. The third kappa shape index (κ3) is 2.37. The Labute approximate surface area is 83.8 Å². The Hall–Kier alpha value is -1.26. The van der Waals surface area contributed by atoms with Crippen LogP contribution in [-0.2, 0) is 4.79 Å². The fourth-order valence-corrected chi connectivity index (χ4v) is 1.40. The second kappa shape index (κ2) is 4.30. The highest BCUT2D eigenvalue weighted by molar-refractivity contribution is 5.87. The van der Waals surface area contributed by atoms with E-state index in [1.54, 1.807) is 6.92 Å². The Kier molecular flexibility index (Phi) is 3.33. The van der Waals surface area contributed by atoms with Gasteiger partial charge in [-0.3, -0.25) is 4.79 Å². The van der Waals surface area contributed by atoms with Crippen molar-refractivity contribution in [2.45, 2.75) is 32.9 Å². The predicted octanol–water partition coefficient (Wildman–Crippen LogP) is -0.0753. The molecule has 0 radical (unpaired) electrons. The van der Waals surface area contributed by atoms with E-state index in [4.69, 9.17) is 0 Å². The van der Waals surface area contributed by atoms with Gasteiger partial charge < -0.3 is 15.5 Å². The molecular weight excluding hydrogens is 182 g/mol. The summed E-state index contributed by atoms with van der Waals surface area (Å²) in [6.07, 6.45) is 0. The van der Waals surface area contributed by atoms with Gasteiger partial charge in [-0.05, 0) is 20.8 Å². The Morgan fingerprint density at radius 3 is 2.57 bits per heavy atom. The van der Waals surface area contributed by atoms with E-state index in [-0.39, 0.29) is 24.0 Å². The van der Waals surface area contributed by atoms with Crippen molar-refractivity contribution < 1.29 is 9.59 Å². The molecule has 0 aromatic rings. The topological polar surface area (TPSA) is 61.4 Å². The fourth-order valence-electron chi connectivity index (χ4n) is 1.40. The van der Waals surface area contributed by atoms with E-state index in [1.165, 1.54) is 4.90 Å². The van der Waals surface area contributed by atoms with E-state index >= 15 is 0 Å². The first-order valence-corrected chi connectivity index (χ1v) is 4.87. The molecule has 0 aliphatic carbocycles. The van der Waals surface area contributed by atoms with Crippen LogP contribution in [0.3, 0.4) is 0 Å². The van der Waals surface area contributed by atoms with Gasteiger partial charge in [-0.25, -0.2) is 4.79 Å². The predicted molar refractivity (Wildman–Crippen MR) is 52.8 cm³/mol. The van der Waals surface area contributed by atoms with E-state index in [0.29, 0.717) is 13.1 Å². The van der Waals surface area contributed by atoms with Crippen LogP contribution in [0.25, 0.3) is 0 Å². The van der Waals surface area contributed by atoms with E-state index in [1.807, 2.05) is 13.8 Å². The van der Waals surface area contributed by atoms with E-state index < -0.39 is 0 Å². The van der Waals surface area contributed by atoms with E-state index in [9.17, 15) is 9.59 Å². The van der Waals surface area contributed by atoms with Gasteiger partial charge in [-0.2, -0.15) is 0 Å². The van der Waals surface area contributed by atoms with Gasteiger partial charge in [0.15, 0.2) is 0 Å². The molecule has 0 spiro atoms. The van der Waals surface area contributed by atoms with Crippen molar-refractivity contribution in [2.24, 2.45) is 0 Å². The first kappa shape index (κ1) is 10.8. The van der Waals surface area contributed by atoms with Gasteiger partial charge in [0, 0.05) is 19.1 Å². The van der Waals surface area contributed by atoms with Crippen molar-refractivity contribution in [1.29, 1.82) is 0 Å². The lowest BCUT2D eigenvalue weighted by Crippen LogP contribution is -2.48. The Morgan fingerprint density at radius 1 is 1.50 bits per heavy atom. The quantitative estimate of drug-likeness (QED) is 0.668. The Balaban J connectivity index is 2.51. The van der Waals surface area contributed by atoms with Gasteiger partial charge >= 0.3 is 6.03 Å². The second-order valence-corrected chi connectivity index (χ2v) is 3.76. The molecule has 1 rings (SSSR count). The molecular formula is C9H17N3O2. The third-order valence-electron chi connectivity index (χ3n) is 2.17. The number of nitrogens with zero attached hydrogens (tertiary/aromatic N) is 1. The normalized spacial score (nSPS) is 18.3. The van der Waals surface area contributed by atoms with Crippen LogP contribution in [0.5, 0.6) is 0 Å². The number of carbonyl (C=O) groups excluding carboxylic acids is 2. The minimum Gasteiger partial charge on any atom is -0.352 e. The smallest absolute Gasteiger partial charge is 0.318 e. The van der Waals surface area contributed by atoms with Gasteiger partial charge in [0.25, 0.3) is 0 Å². The number of amides is 3. The van der Waals surface area contributed by atoms with Crippen molar-refractivity contribution in [3.8, 4) is 0 Å². The first-order chi connectivity index (χ1) is 6.52. The number of hydrogen-bond donors (Lipinski definition) is 2. The molecule has 0 saturated carbocycles. The maximum Gasteiger partial charge on any atom is 0.318 e. The lowest BCUT2D eigenvalue weighted by molar-refractivity contribution is -0.125. The molecule has 5 nitrogen and oxygen atoms in total. The van der Waals surface area contributed by atoms with Crippen LogP contribution in [0.4, 0.5) is 4.79 Å². The molecule has 14 heavy (non-hydrogen) atoms. The third-order valence-corrected chi connectivity index (χ3v) is 2.17. The van der Waals surface area contributed by atoms with E-state index in [2.05, 4.69) is 10.6 Å². The standard InChI is InChI=1S/C9H17N3O2/c1-6(2)11-8(13)7(3)12-5-4-10-9(12)14/h6-7H,4-5H2,1-3H3,(H,10,14)(H,11,13). The largest absolute Gasteiger partial charge is 0.352 e. The summed E-state index contributed by atoms with van der Waals surface area (Å²) in [7, 11) is 0. The highest BCUT2D eigenvalue weighted by Gasteiger charge is 2.29. The zero-order valence-electron chi connectivity index (χ0n) is 8.83.